The number of aromatic nitrogens is 5. The van der Waals surface area contributed by atoms with Gasteiger partial charge in [-0.1, -0.05) is 5.92 Å². The number of H-pyrrole nitrogens is 2. The standard InChI is InChI=1S/C19H11FN6O2/c20-14-2-1-5-22-15(14)4-3-10-6-11(10)12-7-16(25-26-17(12)8-21)13-9-23-19(28)24-18(13)27/h1-2,5,7,9-11H,6H2,(H2,23,24,27,28)/t10-,11-/m0/s1. The van der Waals surface area contributed by atoms with Crippen LogP contribution in [0.3, 0.4) is 0 Å². The first kappa shape index (κ1) is 17.3. The molecule has 0 aromatic carbocycles. The minimum absolute atomic E-state index is 0.0713. The van der Waals surface area contributed by atoms with E-state index in [0.29, 0.717) is 12.0 Å². The highest BCUT2D eigenvalue weighted by atomic mass is 19.1. The van der Waals surface area contributed by atoms with E-state index >= 15 is 0 Å². The van der Waals surface area contributed by atoms with Gasteiger partial charge in [-0.15, -0.1) is 10.2 Å². The molecule has 9 heteroatoms. The fraction of sp³-hybridized carbons (Fsp3) is 0.158. The largest absolute Gasteiger partial charge is 0.325 e. The predicted molar refractivity (Wildman–Crippen MR) is 95.3 cm³/mol. The van der Waals surface area contributed by atoms with Crippen LogP contribution in [0.5, 0.6) is 0 Å². The van der Waals surface area contributed by atoms with Crippen molar-refractivity contribution in [3.8, 4) is 29.2 Å². The minimum atomic E-state index is -0.630. The second-order valence-electron chi connectivity index (χ2n) is 6.18. The topological polar surface area (TPSA) is 128 Å². The zero-order valence-corrected chi connectivity index (χ0v) is 14.2. The number of hydrogen-bond acceptors (Lipinski definition) is 6. The van der Waals surface area contributed by atoms with Crippen molar-refractivity contribution >= 4 is 0 Å². The molecule has 1 fully saturated rings. The van der Waals surface area contributed by atoms with Gasteiger partial charge in [0.15, 0.2) is 11.5 Å². The number of nitrogens with zero attached hydrogens (tertiary/aromatic N) is 4. The van der Waals surface area contributed by atoms with Gasteiger partial charge in [-0.05, 0) is 36.1 Å². The van der Waals surface area contributed by atoms with E-state index < -0.39 is 17.1 Å². The van der Waals surface area contributed by atoms with E-state index in [1.54, 1.807) is 6.07 Å². The van der Waals surface area contributed by atoms with E-state index in [2.05, 4.69) is 37.0 Å². The number of hydrogen-bond donors (Lipinski definition) is 2. The van der Waals surface area contributed by atoms with E-state index in [1.807, 2.05) is 6.07 Å². The Morgan fingerprint density at radius 1 is 1.25 bits per heavy atom. The van der Waals surface area contributed by atoms with Crippen molar-refractivity contribution < 1.29 is 4.39 Å². The summed E-state index contributed by atoms with van der Waals surface area (Å²) >= 11 is 0. The lowest BCUT2D eigenvalue weighted by Crippen LogP contribution is -2.23. The molecule has 2 atom stereocenters. The summed E-state index contributed by atoms with van der Waals surface area (Å²) < 4.78 is 13.6. The van der Waals surface area contributed by atoms with Crippen LogP contribution < -0.4 is 11.2 Å². The van der Waals surface area contributed by atoms with Crippen molar-refractivity contribution in [1.29, 1.82) is 5.26 Å². The molecular weight excluding hydrogens is 363 g/mol. The number of rotatable bonds is 2. The lowest BCUT2D eigenvalue weighted by molar-refractivity contribution is 0.617. The molecule has 28 heavy (non-hydrogen) atoms. The third-order valence-corrected chi connectivity index (χ3v) is 4.35. The maximum atomic E-state index is 13.6. The van der Waals surface area contributed by atoms with Crippen LogP contribution in [-0.4, -0.2) is 25.1 Å². The van der Waals surface area contributed by atoms with Crippen molar-refractivity contribution in [2.45, 2.75) is 12.3 Å². The molecule has 0 saturated heterocycles. The lowest BCUT2D eigenvalue weighted by Gasteiger charge is -2.04. The van der Waals surface area contributed by atoms with E-state index in [4.69, 9.17) is 0 Å². The quantitative estimate of drug-likeness (QED) is 0.646. The van der Waals surface area contributed by atoms with E-state index in [-0.39, 0.29) is 34.5 Å². The molecule has 4 rings (SSSR count). The van der Waals surface area contributed by atoms with Gasteiger partial charge in [0.1, 0.15) is 17.5 Å². The van der Waals surface area contributed by atoms with Gasteiger partial charge >= 0.3 is 5.69 Å². The molecule has 0 radical (unpaired) electrons. The molecule has 3 aromatic heterocycles. The molecular formula is C19H11FN6O2. The second kappa shape index (κ2) is 6.89. The molecule has 0 unspecified atom stereocenters. The normalized spacial score (nSPS) is 17.3. The highest BCUT2D eigenvalue weighted by molar-refractivity contribution is 5.59. The maximum absolute atomic E-state index is 13.6. The molecule has 0 spiro atoms. The molecule has 136 valence electrons. The van der Waals surface area contributed by atoms with Crippen LogP contribution in [0.15, 0.2) is 40.2 Å². The Kier molecular flexibility index (Phi) is 4.26. The van der Waals surface area contributed by atoms with Gasteiger partial charge in [0.05, 0.1) is 5.56 Å². The number of nitrogens with one attached hydrogen (secondary N) is 2. The Labute approximate surface area is 157 Å². The van der Waals surface area contributed by atoms with Gasteiger partial charge in [0.2, 0.25) is 0 Å². The molecule has 1 saturated carbocycles. The molecule has 3 heterocycles. The Morgan fingerprint density at radius 3 is 2.86 bits per heavy atom. The Morgan fingerprint density at radius 2 is 2.11 bits per heavy atom. The van der Waals surface area contributed by atoms with Crippen LogP contribution in [0.2, 0.25) is 0 Å². The first-order valence-corrected chi connectivity index (χ1v) is 8.29. The molecule has 1 aliphatic rings. The zero-order valence-electron chi connectivity index (χ0n) is 14.2. The van der Waals surface area contributed by atoms with Crippen molar-refractivity contribution in [3.63, 3.8) is 0 Å². The molecule has 8 nitrogen and oxygen atoms in total. The fourth-order valence-corrected chi connectivity index (χ4v) is 2.84. The monoisotopic (exact) mass is 374 g/mol. The highest BCUT2D eigenvalue weighted by Crippen LogP contribution is 2.48. The van der Waals surface area contributed by atoms with Gasteiger partial charge in [0, 0.05) is 24.2 Å². The summed E-state index contributed by atoms with van der Waals surface area (Å²) in [6.07, 6.45) is 3.38. The van der Waals surface area contributed by atoms with Crippen LogP contribution in [0.4, 0.5) is 4.39 Å². The summed E-state index contributed by atoms with van der Waals surface area (Å²) in [4.78, 5) is 31.5. The first-order valence-electron chi connectivity index (χ1n) is 8.29. The third kappa shape index (κ3) is 3.29. The molecule has 0 bridgehead atoms. The molecule has 0 amide bonds. The smallest absolute Gasteiger partial charge is 0.313 e. The van der Waals surface area contributed by atoms with Gasteiger partial charge < -0.3 is 4.98 Å². The van der Waals surface area contributed by atoms with Gasteiger partial charge in [0.25, 0.3) is 5.56 Å². The number of pyridine rings is 1. The molecule has 3 aromatic rings. The Balaban J connectivity index is 1.66. The lowest BCUT2D eigenvalue weighted by atomic mass is 10.1. The average Bonchev–Trinajstić information content (AvgIpc) is 3.46. The van der Waals surface area contributed by atoms with Gasteiger partial charge in [-0.25, -0.2) is 14.2 Å². The summed E-state index contributed by atoms with van der Waals surface area (Å²) in [6, 6.07) is 6.36. The van der Waals surface area contributed by atoms with Crippen molar-refractivity contribution in [2.24, 2.45) is 5.92 Å². The van der Waals surface area contributed by atoms with Crippen molar-refractivity contribution in [2.75, 3.05) is 0 Å². The summed E-state index contributed by atoms with van der Waals surface area (Å²) in [7, 11) is 0. The van der Waals surface area contributed by atoms with Crippen molar-refractivity contribution in [1.82, 2.24) is 25.1 Å². The van der Waals surface area contributed by atoms with Crippen LogP contribution in [0.1, 0.15) is 29.3 Å². The van der Waals surface area contributed by atoms with E-state index in [1.165, 1.54) is 24.5 Å². The summed E-state index contributed by atoms with van der Waals surface area (Å²) in [5.74, 6) is 5.04. The highest BCUT2D eigenvalue weighted by Gasteiger charge is 2.39. The SMILES string of the molecule is N#Cc1nnc(-c2c[nH]c(=O)[nH]c2=O)cc1[C@H]1C[C@@H]1C#Cc1ncccc1F. The van der Waals surface area contributed by atoms with Crippen LogP contribution in [0.25, 0.3) is 11.3 Å². The Bertz CT molecular complexity index is 1290. The van der Waals surface area contributed by atoms with Crippen LogP contribution >= 0.6 is 0 Å². The van der Waals surface area contributed by atoms with E-state index in [0.717, 1.165) is 0 Å². The zero-order chi connectivity index (χ0) is 19.7. The third-order valence-electron chi connectivity index (χ3n) is 4.35. The van der Waals surface area contributed by atoms with Gasteiger partial charge in [-0.2, -0.15) is 5.26 Å². The first-order chi connectivity index (χ1) is 13.6. The minimum Gasteiger partial charge on any atom is -0.313 e. The van der Waals surface area contributed by atoms with E-state index in [9.17, 15) is 19.2 Å². The molecule has 2 N–H and O–H groups in total. The summed E-state index contributed by atoms with van der Waals surface area (Å²) in [6.45, 7) is 0. The van der Waals surface area contributed by atoms with Crippen molar-refractivity contribution in [3.05, 3.63) is 74.2 Å². The number of halogens is 1. The molecule has 0 aliphatic heterocycles. The fourth-order valence-electron chi connectivity index (χ4n) is 2.84. The molecule has 1 aliphatic carbocycles. The average molecular weight is 374 g/mol. The predicted octanol–water partition coefficient (Wildman–Crippen LogP) is 1.08. The summed E-state index contributed by atoms with van der Waals surface area (Å²) in [5, 5.41) is 17.1. The summed E-state index contributed by atoms with van der Waals surface area (Å²) in [5.41, 5.74) is -0.0392. The number of aromatic amines is 2. The van der Waals surface area contributed by atoms with Crippen LogP contribution in [0, 0.1) is 34.9 Å². The maximum Gasteiger partial charge on any atom is 0.325 e. The second-order valence-corrected chi connectivity index (χ2v) is 6.18. The van der Waals surface area contributed by atoms with Gasteiger partial charge in [-0.3, -0.25) is 9.78 Å². The van der Waals surface area contributed by atoms with Crippen LogP contribution in [-0.2, 0) is 0 Å². The Hall–Kier alpha value is -4.11. The number of nitriles is 1.